The Balaban J connectivity index is 1.67. The smallest absolute Gasteiger partial charge is 0.180 e. The molecule has 0 heterocycles. The molecule has 0 aromatic heterocycles. The van der Waals surface area contributed by atoms with Crippen LogP contribution >= 0.6 is 11.6 Å². The van der Waals surface area contributed by atoms with Gasteiger partial charge in [0.2, 0.25) is 0 Å². The third kappa shape index (κ3) is 4.86. The summed E-state index contributed by atoms with van der Waals surface area (Å²) < 4.78 is 24.3. The molecule has 1 aliphatic carbocycles. The van der Waals surface area contributed by atoms with E-state index in [1.54, 1.807) is 19.2 Å². The van der Waals surface area contributed by atoms with Gasteiger partial charge in [0, 0.05) is 5.56 Å². The topological polar surface area (TPSA) is 35.1 Å². The van der Waals surface area contributed by atoms with Gasteiger partial charge in [0.25, 0.3) is 0 Å². The molecule has 0 saturated heterocycles. The molecule has 0 spiro atoms. The summed E-state index contributed by atoms with van der Waals surface area (Å²) in [6.07, 6.45) is 5.26. The summed E-state index contributed by atoms with van der Waals surface area (Å²) in [6, 6.07) is 10.9. The normalized spacial score (nSPS) is 14.7. The first-order chi connectivity index (χ1) is 12.2. The van der Waals surface area contributed by atoms with Crippen molar-refractivity contribution in [2.24, 2.45) is 0 Å². The molecule has 3 nitrogen and oxygen atoms in total. The second kappa shape index (κ2) is 8.54. The van der Waals surface area contributed by atoms with Crippen LogP contribution in [-0.4, -0.2) is 13.2 Å². The fourth-order valence-electron chi connectivity index (χ4n) is 3.26. The Hall–Kier alpha value is -1.78. The number of rotatable bonds is 7. The van der Waals surface area contributed by atoms with Crippen molar-refractivity contribution in [3.63, 3.8) is 0 Å². The van der Waals surface area contributed by atoms with E-state index in [4.69, 9.17) is 21.1 Å². The molecule has 1 fully saturated rings. The molecule has 5 heteroatoms. The molecule has 1 aliphatic rings. The fraction of sp³-hybridized carbons (Fsp3) is 0.400. The van der Waals surface area contributed by atoms with E-state index in [0.717, 1.165) is 23.7 Å². The fourth-order valence-corrected chi connectivity index (χ4v) is 3.55. The van der Waals surface area contributed by atoms with Gasteiger partial charge in [-0.1, -0.05) is 23.7 Å². The van der Waals surface area contributed by atoms with Gasteiger partial charge in [-0.2, -0.15) is 0 Å². The Morgan fingerprint density at radius 3 is 2.52 bits per heavy atom. The van der Waals surface area contributed by atoms with Crippen molar-refractivity contribution >= 4 is 11.6 Å². The summed E-state index contributed by atoms with van der Waals surface area (Å²) in [5, 5.41) is 2.92. The summed E-state index contributed by atoms with van der Waals surface area (Å²) >= 11 is 6.42. The van der Waals surface area contributed by atoms with Gasteiger partial charge in [-0.25, -0.2) is 4.39 Å². The van der Waals surface area contributed by atoms with Crippen LogP contribution in [0.3, 0.4) is 0 Å². The van der Waals surface area contributed by atoms with Crippen LogP contribution in [0.2, 0.25) is 5.02 Å². The summed E-state index contributed by atoms with van der Waals surface area (Å²) in [7, 11) is 1.61. The molecule has 0 aliphatic heterocycles. The standard InChI is InChI=1S/C20H23ClFNO2/c1-24-19-11-15(12-23-17-4-2-3-5-17)10-18(21)20(19)25-13-14-6-8-16(22)9-7-14/h6-11,17,23H,2-5,12-13H2,1H3/p+1. The third-order valence-corrected chi connectivity index (χ3v) is 4.95. The minimum atomic E-state index is -0.262. The number of hydrogen-bond donors (Lipinski definition) is 1. The van der Waals surface area contributed by atoms with Crippen LogP contribution in [0.5, 0.6) is 11.5 Å². The number of methoxy groups -OCH3 is 1. The summed E-state index contributed by atoms with van der Waals surface area (Å²) in [4.78, 5) is 0. The Bertz CT molecular complexity index is 700. The monoisotopic (exact) mass is 364 g/mol. The van der Waals surface area contributed by atoms with Crippen LogP contribution in [0.25, 0.3) is 0 Å². The van der Waals surface area contributed by atoms with Crippen molar-refractivity contribution in [2.75, 3.05) is 7.11 Å². The van der Waals surface area contributed by atoms with E-state index >= 15 is 0 Å². The zero-order valence-corrected chi connectivity index (χ0v) is 15.2. The van der Waals surface area contributed by atoms with Gasteiger partial charge in [-0.3, -0.25) is 0 Å². The Morgan fingerprint density at radius 1 is 1.12 bits per heavy atom. The van der Waals surface area contributed by atoms with Crippen LogP contribution in [0, 0.1) is 5.82 Å². The maximum Gasteiger partial charge on any atom is 0.180 e. The van der Waals surface area contributed by atoms with Crippen molar-refractivity contribution in [3.8, 4) is 11.5 Å². The number of nitrogens with two attached hydrogens (primary N) is 1. The predicted octanol–water partition coefficient (Wildman–Crippen LogP) is 4.07. The summed E-state index contributed by atoms with van der Waals surface area (Å²) in [5.74, 6) is 0.893. The highest BCUT2D eigenvalue weighted by atomic mass is 35.5. The van der Waals surface area contributed by atoms with E-state index in [1.807, 2.05) is 12.1 Å². The van der Waals surface area contributed by atoms with Gasteiger partial charge in [-0.05, 0) is 55.5 Å². The van der Waals surface area contributed by atoms with Gasteiger partial charge in [-0.15, -0.1) is 0 Å². The van der Waals surface area contributed by atoms with Crippen molar-refractivity contribution in [3.05, 3.63) is 58.4 Å². The van der Waals surface area contributed by atoms with Gasteiger partial charge < -0.3 is 14.8 Å². The molecule has 3 rings (SSSR count). The van der Waals surface area contributed by atoms with E-state index < -0.39 is 0 Å². The quantitative estimate of drug-likeness (QED) is 0.803. The SMILES string of the molecule is COc1cc(C[NH2+]C2CCCC2)cc(Cl)c1OCc1ccc(F)cc1. The summed E-state index contributed by atoms with van der Waals surface area (Å²) in [6.45, 7) is 1.20. The highest BCUT2D eigenvalue weighted by Crippen LogP contribution is 2.36. The first-order valence-electron chi connectivity index (χ1n) is 8.72. The minimum Gasteiger partial charge on any atom is -0.493 e. The minimum absolute atomic E-state index is 0.262. The van der Waals surface area contributed by atoms with Crippen LogP contribution in [-0.2, 0) is 13.2 Å². The lowest BCUT2D eigenvalue weighted by Crippen LogP contribution is -2.87. The number of hydrogen-bond acceptors (Lipinski definition) is 2. The Labute approximate surface area is 153 Å². The van der Waals surface area contributed by atoms with Gasteiger partial charge in [0.05, 0.1) is 18.2 Å². The zero-order chi connectivity index (χ0) is 17.6. The van der Waals surface area contributed by atoms with Crippen LogP contribution in [0.1, 0.15) is 36.8 Å². The average molecular weight is 365 g/mol. The van der Waals surface area contributed by atoms with Gasteiger partial charge in [0.1, 0.15) is 19.0 Å². The van der Waals surface area contributed by atoms with Crippen molar-refractivity contribution in [1.29, 1.82) is 0 Å². The van der Waals surface area contributed by atoms with Gasteiger partial charge in [0.15, 0.2) is 11.5 Å². The molecule has 2 aromatic rings. The molecule has 25 heavy (non-hydrogen) atoms. The van der Waals surface area contributed by atoms with Crippen LogP contribution in [0.15, 0.2) is 36.4 Å². The molecule has 1 saturated carbocycles. The predicted molar refractivity (Wildman–Crippen MR) is 96.6 cm³/mol. The van der Waals surface area contributed by atoms with Crippen molar-refractivity contribution < 1.29 is 19.2 Å². The maximum absolute atomic E-state index is 13.0. The van der Waals surface area contributed by atoms with E-state index in [1.165, 1.54) is 37.8 Å². The third-order valence-electron chi connectivity index (χ3n) is 4.67. The number of quaternary nitrogens is 1. The lowest BCUT2D eigenvalue weighted by molar-refractivity contribution is -0.703. The Morgan fingerprint density at radius 2 is 1.84 bits per heavy atom. The molecular weight excluding hydrogens is 341 g/mol. The maximum atomic E-state index is 13.0. The number of ether oxygens (including phenoxy) is 2. The lowest BCUT2D eigenvalue weighted by atomic mass is 10.1. The molecule has 2 N–H and O–H groups in total. The first-order valence-corrected chi connectivity index (χ1v) is 9.10. The molecule has 0 bridgehead atoms. The second-order valence-corrected chi connectivity index (χ2v) is 6.92. The van der Waals surface area contributed by atoms with E-state index in [2.05, 4.69) is 5.32 Å². The average Bonchev–Trinajstić information content (AvgIpc) is 3.13. The molecule has 0 atom stereocenters. The zero-order valence-electron chi connectivity index (χ0n) is 14.4. The van der Waals surface area contributed by atoms with E-state index in [-0.39, 0.29) is 5.82 Å². The molecular formula is C20H24ClFNO2+. The largest absolute Gasteiger partial charge is 0.493 e. The highest BCUT2D eigenvalue weighted by molar-refractivity contribution is 6.32. The molecule has 2 aromatic carbocycles. The highest BCUT2D eigenvalue weighted by Gasteiger charge is 2.19. The van der Waals surface area contributed by atoms with Crippen LogP contribution in [0.4, 0.5) is 4.39 Å². The van der Waals surface area contributed by atoms with Crippen LogP contribution < -0.4 is 14.8 Å². The number of halogens is 2. The Kier molecular flexibility index (Phi) is 6.16. The van der Waals surface area contributed by atoms with Crippen molar-refractivity contribution in [2.45, 2.75) is 44.9 Å². The van der Waals surface area contributed by atoms with E-state index in [0.29, 0.717) is 23.1 Å². The van der Waals surface area contributed by atoms with Gasteiger partial charge >= 0.3 is 0 Å². The molecule has 0 radical (unpaired) electrons. The summed E-state index contributed by atoms with van der Waals surface area (Å²) in [5.41, 5.74) is 2.00. The van der Waals surface area contributed by atoms with E-state index in [9.17, 15) is 4.39 Å². The number of benzene rings is 2. The first kappa shape index (κ1) is 18.0. The molecule has 0 unspecified atom stereocenters. The molecule has 134 valence electrons. The second-order valence-electron chi connectivity index (χ2n) is 6.51. The molecule has 0 amide bonds. The van der Waals surface area contributed by atoms with Crippen molar-refractivity contribution in [1.82, 2.24) is 0 Å². The lowest BCUT2D eigenvalue weighted by Gasteiger charge is -2.15.